The molecule has 98 valence electrons. The predicted octanol–water partition coefficient (Wildman–Crippen LogP) is 2.40. The Morgan fingerprint density at radius 2 is 2.11 bits per heavy atom. The monoisotopic (exact) mass is 286 g/mol. The van der Waals surface area contributed by atoms with E-state index in [2.05, 4.69) is 10.6 Å². The fourth-order valence-electron chi connectivity index (χ4n) is 1.66. The van der Waals surface area contributed by atoms with Gasteiger partial charge in [-0.2, -0.15) is 0 Å². The molecule has 18 heavy (non-hydrogen) atoms. The van der Waals surface area contributed by atoms with Crippen LogP contribution in [0.2, 0.25) is 10.0 Å². The lowest BCUT2D eigenvalue weighted by molar-refractivity contribution is -0.120. The highest BCUT2D eigenvalue weighted by Gasteiger charge is 2.22. The van der Waals surface area contributed by atoms with Gasteiger partial charge in [0.15, 0.2) is 0 Å². The van der Waals surface area contributed by atoms with E-state index in [4.69, 9.17) is 23.2 Å². The third-order valence-electron chi connectivity index (χ3n) is 2.81. The fraction of sp³-hybridized carbons (Fsp3) is 0.462. The number of carbonyl (C=O) groups is 1. The second-order valence-corrected chi connectivity index (χ2v) is 5.35. The van der Waals surface area contributed by atoms with Gasteiger partial charge in [0.1, 0.15) is 0 Å². The molecule has 5 heteroatoms. The van der Waals surface area contributed by atoms with Crippen molar-refractivity contribution >= 4 is 29.1 Å². The zero-order chi connectivity index (χ0) is 13.0. The summed E-state index contributed by atoms with van der Waals surface area (Å²) in [7, 11) is 0. The van der Waals surface area contributed by atoms with E-state index in [0.717, 1.165) is 31.4 Å². The van der Waals surface area contributed by atoms with Crippen LogP contribution in [0, 0.1) is 0 Å². The summed E-state index contributed by atoms with van der Waals surface area (Å²) in [5, 5.41) is 7.34. The van der Waals surface area contributed by atoms with Gasteiger partial charge in [0.05, 0.1) is 6.54 Å². The third-order valence-corrected chi connectivity index (χ3v) is 3.40. The van der Waals surface area contributed by atoms with Crippen LogP contribution in [-0.4, -0.2) is 25.0 Å². The number of nitrogens with one attached hydrogen (secondary N) is 2. The van der Waals surface area contributed by atoms with Crippen molar-refractivity contribution in [1.29, 1.82) is 0 Å². The minimum atomic E-state index is 0.0692. The summed E-state index contributed by atoms with van der Waals surface area (Å²) in [5.74, 6) is 0.0692. The Balaban J connectivity index is 1.66. The lowest BCUT2D eigenvalue weighted by Gasteiger charge is -2.07. The molecule has 2 rings (SSSR count). The maximum atomic E-state index is 11.4. The van der Waals surface area contributed by atoms with Crippen LogP contribution in [-0.2, 0) is 11.2 Å². The van der Waals surface area contributed by atoms with Crippen molar-refractivity contribution in [3.8, 4) is 0 Å². The minimum absolute atomic E-state index is 0.0692. The van der Waals surface area contributed by atoms with Crippen molar-refractivity contribution in [2.75, 3.05) is 13.1 Å². The summed E-state index contributed by atoms with van der Waals surface area (Å²) in [4.78, 5) is 11.4. The molecule has 0 heterocycles. The maximum absolute atomic E-state index is 11.4. The number of hydrogen-bond donors (Lipinski definition) is 2. The van der Waals surface area contributed by atoms with Gasteiger partial charge < -0.3 is 10.6 Å². The number of benzene rings is 1. The predicted molar refractivity (Wildman–Crippen MR) is 74.2 cm³/mol. The molecule has 0 spiro atoms. The quantitative estimate of drug-likeness (QED) is 0.789. The topological polar surface area (TPSA) is 41.1 Å². The smallest absolute Gasteiger partial charge is 0.234 e. The molecule has 0 saturated heterocycles. The number of hydrogen-bond acceptors (Lipinski definition) is 2. The summed E-state index contributed by atoms with van der Waals surface area (Å²) in [6.07, 6.45) is 3.02. The number of rotatable bonds is 6. The van der Waals surface area contributed by atoms with E-state index in [1.165, 1.54) is 0 Å². The molecule has 0 unspecified atom stereocenters. The van der Waals surface area contributed by atoms with Gasteiger partial charge in [-0.15, -0.1) is 0 Å². The molecule has 1 aromatic carbocycles. The first-order chi connectivity index (χ1) is 8.65. The molecule has 1 aliphatic rings. The molecule has 1 saturated carbocycles. The zero-order valence-electron chi connectivity index (χ0n) is 10.0. The third kappa shape index (κ3) is 4.48. The Hall–Kier alpha value is -0.770. The highest BCUT2D eigenvalue weighted by Crippen LogP contribution is 2.21. The van der Waals surface area contributed by atoms with Crippen molar-refractivity contribution in [3.05, 3.63) is 33.8 Å². The second-order valence-electron chi connectivity index (χ2n) is 4.50. The lowest BCUT2D eigenvalue weighted by atomic mass is 10.1. The molecule has 3 nitrogen and oxygen atoms in total. The van der Waals surface area contributed by atoms with Crippen LogP contribution in [0.15, 0.2) is 18.2 Å². The molecule has 1 amide bonds. The average molecular weight is 287 g/mol. The summed E-state index contributed by atoms with van der Waals surface area (Å²) in [6, 6.07) is 5.89. The van der Waals surface area contributed by atoms with Crippen LogP contribution in [0.3, 0.4) is 0 Å². The average Bonchev–Trinajstić information content (AvgIpc) is 3.10. The first kappa shape index (κ1) is 13.7. The van der Waals surface area contributed by atoms with Crippen molar-refractivity contribution in [2.45, 2.75) is 25.3 Å². The van der Waals surface area contributed by atoms with Crippen molar-refractivity contribution in [1.82, 2.24) is 10.6 Å². The van der Waals surface area contributed by atoms with E-state index in [0.29, 0.717) is 22.6 Å². The van der Waals surface area contributed by atoms with Gasteiger partial charge in [-0.25, -0.2) is 0 Å². The van der Waals surface area contributed by atoms with E-state index in [-0.39, 0.29) is 5.91 Å². The van der Waals surface area contributed by atoms with Gasteiger partial charge in [-0.1, -0.05) is 29.3 Å². The van der Waals surface area contributed by atoms with E-state index in [9.17, 15) is 4.79 Å². The normalized spacial score (nSPS) is 14.6. The fourth-order valence-corrected chi connectivity index (χ4v) is 2.16. The molecule has 0 aliphatic heterocycles. The Morgan fingerprint density at radius 3 is 2.78 bits per heavy atom. The van der Waals surface area contributed by atoms with E-state index in [1.54, 1.807) is 6.07 Å². The first-order valence-electron chi connectivity index (χ1n) is 6.09. The van der Waals surface area contributed by atoms with E-state index < -0.39 is 0 Å². The Morgan fingerprint density at radius 1 is 1.33 bits per heavy atom. The summed E-state index contributed by atoms with van der Waals surface area (Å²) < 4.78 is 0. The highest BCUT2D eigenvalue weighted by atomic mass is 35.5. The summed E-state index contributed by atoms with van der Waals surface area (Å²) in [6.45, 7) is 1.08. The van der Waals surface area contributed by atoms with Gasteiger partial charge in [-0.05, 0) is 43.5 Å². The van der Waals surface area contributed by atoms with Gasteiger partial charge in [0.2, 0.25) is 5.91 Å². The Kier molecular flexibility index (Phi) is 4.87. The molecule has 1 fully saturated rings. The van der Waals surface area contributed by atoms with Crippen LogP contribution in [0.4, 0.5) is 0 Å². The van der Waals surface area contributed by atoms with Crippen LogP contribution >= 0.6 is 23.2 Å². The summed E-state index contributed by atoms with van der Waals surface area (Å²) >= 11 is 11.9. The van der Waals surface area contributed by atoms with E-state index >= 15 is 0 Å². The van der Waals surface area contributed by atoms with Gasteiger partial charge in [0.25, 0.3) is 0 Å². The van der Waals surface area contributed by atoms with Crippen molar-refractivity contribution < 1.29 is 4.79 Å². The van der Waals surface area contributed by atoms with Crippen molar-refractivity contribution in [2.24, 2.45) is 0 Å². The van der Waals surface area contributed by atoms with Crippen LogP contribution in [0.25, 0.3) is 0 Å². The van der Waals surface area contributed by atoms with Gasteiger partial charge in [0, 0.05) is 16.1 Å². The molecule has 1 aliphatic carbocycles. The second kappa shape index (κ2) is 6.41. The molecule has 1 aromatic rings. The summed E-state index contributed by atoms with van der Waals surface area (Å²) in [5.41, 5.74) is 1.04. The highest BCUT2D eigenvalue weighted by molar-refractivity contribution is 6.35. The van der Waals surface area contributed by atoms with Crippen LogP contribution in [0.5, 0.6) is 0 Å². The van der Waals surface area contributed by atoms with Gasteiger partial charge in [-0.3, -0.25) is 4.79 Å². The SMILES string of the molecule is O=C(CNCCc1ccc(Cl)cc1Cl)NC1CC1. The molecule has 0 bridgehead atoms. The molecule has 2 N–H and O–H groups in total. The van der Waals surface area contributed by atoms with Crippen molar-refractivity contribution in [3.63, 3.8) is 0 Å². The van der Waals surface area contributed by atoms with Crippen LogP contribution in [0.1, 0.15) is 18.4 Å². The maximum Gasteiger partial charge on any atom is 0.234 e. The zero-order valence-corrected chi connectivity index (χ0v) is 11.5. The largest absolute Gasteiger partial charge is 0.352 e. The minimum Gasteiger partial charge on any atom is -0.352 e. The molecule has 0 atom stereocenters. The molecular formula is C13H16Cl2N2O. The molecular weight excluding hydrogens is 271 g/mol. The van der Waals surface area contributed by atoms with E-state index in [1.807, 2.05) is 12.1 Å². The Labute approximate surface area is 117 Å². The first-order valence-corrected chi connectivity index (χ1v) is 6.85. The number of amides is 1. The number of halogens is 2. The molecule has 0 radical (unpaired) electrons. The lowest BCUT2D eigenvalue weighted by Crippen LogP contribution is -2.35. The Bertz CT molecular complexity index is 433. The number of carbonyl (C=O) groups excluding carboxylic acids is 1. The van der Waals surface area contributed by atoms with Crippen LogP contribution < -0.4 is 10.6 Å². The van der Waals surface area contributed by atoms with Gasteiger partial charge >= 0.3 is 0 Å². The molecule has 0 aromatic heterocycles. The standard InChI is InChI=1S/C13H16Cl2N2O/c14-10-2-1-9(12(15)7-10)5-6-16-8-13(18)17-11-3-4-11/h1-2,7,11,16H,3-6,8H2,(H,17,18).